The molecule has 0 N–H and O–H groups in total. The lowest BCUT2D eigenvalue weighted by Crippen LogP contribution is -2.47. The van der Waals surface area contributed by atoms with E-state index >= 15 is 0 Å². The lowest BCUT2D eigenvalue weighted by molar-refractivity contribution is -0.127. The molecule has 0 amide bonds. The minimum absolute atomic E-state index is 0.118. The quantitative estimate of drug-likeness (QED) is 0.536. The topological polar surface area (TPSA) is 38.8 Å². The Labute approximate surface area is 137 Å². The van der Waals surface area contributed by atoms with E-state index < -0.39 is 8.32 Å². The summed E-state index contributed by atoms with van der Waals surface area (Å²) in [6.45, 7) is 18.7. The van der Waals surface area contributed by atoms with Gasteiger partial charge < -0.3 is 9.16 Å². The standard InChI is InChI=1S/C18H34O3Si/c1-12(2)17(4,5)22(7,8)20-11-13(3)14-9-10-18(6)16(21-18)15(14)19/h12-14,16H,9-11H2,1-8H3/t13-,14+,16-,18+/m1/s1. The molecule has 1 heterocycles. The van der Waals surface area contributed by atoms with Crippen molar-refractivity contribution in [3.05, 3.63) is 0 Å². The Morgan fingerprint density at radius 3 is 2.50 bits per heavy atom. The number of hydrogen-bond acceptors (Lipinski definition) is 3. The molecule has 0 bridgehead atoms. The smallest absolute Gasteiger partial charge is 0.192 e. The first kappa shape index (κ1) is 18.1. The maximum Gasteiger partial charge on any atom is 0.192 e. The van der Waals surface area contributed by atoms with Gasteiger partial charge in [0.15, 0.2) is 14.1 Å². The van der Waals surface area contributed by atoms with Crippen LogP contribution < -0.4 is 0 Å². The van der Waals surface area contributed by atoms with Gasteiger partial charge >= 0.3 is 0 Å². The lowest BCUT2D eigenvalue weighted by Gasteiger charge is -2.43. The number of carbonyl (C=O) groups is 1. The van der Waals surface area contributed by atoms with Crippen LogP contribution in [0.4, 0.5) is 0 Å². The fourth-order valence-electron chi connectivity index (χ4n) is 3.47. The molecule has 4 heteroatoms. The monoisotopic (exact) mass is 326 g/mol. The number of Topliss-reactive ketones (excluding diaryl/α,β-unsaturated/α-hetero) is 1. The van der Waals surface area contributed by atoms with Crippen molar-refractivity contribution in [3.8, 4) is 0 Å². The summed E-state index contributed by atoms with van der Waals surface area (Å²) in [6, 6.07) is 0. The molecule has 0 aromatic rings. The van der Waals surface area contributed by atoms with E-state index in [0.717, 1.165) is 12.8 Å². The van der Waals surface area contributed by atoms with E-state index in [1.807, 2.05) is 0 Å². The molecule has 1 saturated carbocycles. The molecule has 1 saturated heterocycles. The maximum atomic E-state index is 12.5. The van der Waals surface area contributed by atoms with Crippen LogP contribution in [-0.4, -0.2) is 32.4 Å². The lowest BCUT2D eigenvalue weighted by atomic mass is 9.76. The van der Waals surface area contributed by atoms with E-state index in [9.17, 15) is 4.79 Å². The van der Waals surface area contributed by atoms with Crippen LogP contribution in [0.25, 0.3) is 0 Å². The van der Waals surface area contributed by atoms with Crippen molar-refractivity contribution in [1.82, 2.24) is 0 Å². The molecule has 0 radical (unpaired) electrons. The second-order valence-corrected chi connectivity index (χ2v) is 13.6. The van der Waals surface area contributed by atoms with Gasteiger partial charge in [-0.3, -0.25) is 4.79 Å². The summed E-state index contributed by atoms with van der Waals surface area (Å²) in [4.78, 5) is 12.5. The van der Waals surface area contributed by atoms with Gasteiger partial charge in [0.05, 0.1) is 5.60 Å². The number of fused-ring (bicyclic) bond motifs is 1. The van der Waals surface area contributed by atoms with E-state index in [-0.39, 0.29) is 28.6 Å². The van der Waals surface area contributed by atoms with Crippen LogP contribution in [0.15, 0.2) is 0 Å². The Kier molecular flexibility index (Phi) is 4.71. The Bertz CT molecular complexity index is 444. The second-order valence-electron chi connectivity index (χ2n) is 9.03. The summed E-state index contributed by atoms with van der Waals surface area (Å²) >= 11 is 0. The largest absolute Gasteiger partial charge is 0.417 e. The van der Waals surface area contributed by atoms with Crippen LogP contribution in [0.5, 0.6) is 0 Å². The summed E-state index contributed by atoms with van der Waals surface area (Å²) in [5.74, 6) is 1.32. The Balaban J connectivity index is 1.93. The number of ketones is 1. The third-order valence-electron chi connectivity index (χ3n) is 6.85. The van der Waals surface area contributed by atoms with E-state index in [4.69, 9.17) is 9.16 Å². The normalized spacial score (nSPS) is 33.8. The summed E-state index contributed by atoms with van der Waals surface area (Å²) < 4.78 is 12.0. The summed E-state index contributed by atoms with van der Waals surface area (Å²) in [7, 11) is -1.81. The number of rotatable bonds is 6. The van der Waals surface area contributed by atoms with Crippen LogP contribution in [-0.2, 0) is 14.0 Å². The van der Waals surface area contributed by atoms with E-state index in [1.165, 1.54) is 0 Å². The zero-order valence-corrected chi connectivity index (χ0v) is 16.7. The predicted octanol–water partition coefficient (Wildman–Crippen LogP) is 4.42. The number of ether oxygens (including phenoxy) is 1. The number of epoxide rings is 1. The molecule has 3 nitrogen and oxygen atoms in total. The average molecular weight is 327 g/mol. The van der Waals surface area contributed by atoms with Gasteiger partial charge in [0, 0.05) is 12.5 Å². The molecule has 2 fully saturated rings. The van der Waals surface area contributed by atoms with Gasteiger partial charge in [0.25, 0.3) is 0 Å². The SMILES string of the molecule is CC(C)C(C)(C)[Si](C)(C)OC[C@@H](C)[C@@H]1CC[C@]2(C)O[C@@H]2C1=O. The molecule has 4 atom stereocenters. The van der Waals surface area contributed by atoms with Crippen molar-refractivity contribution in [3.63, 3.8) is 0 Å². The molecule has 0 aromatic heterocycles. The summed E-state index contributed by atoms with van der Waals surface area (Å²) in [6.07, 6.45) is 1.83. The highest BCUT2D eigenvalue weighted by molar-refractivity contribution is 6.74. The summed E-state index contributed by atoms with van der Waals surface area (Å²) in [5, 5.41) is 0.224. The predicted molar refractivity (Wildman–Crippen MR) is 92.5 cm³/mol. The van der Waals surface area contributed by atoms with Crippen LogP contribution in [0, 0.1) is 17.8 Å². The Morgan fingerprint density at radius 2 is 1.95 bits per heavy atom. The zero-order valence-electron chi connectivity index (χ0n) is 15.7. The van der Waals surface area contributed by atoms with E-state index in [0.29, 0.717) is 18.3 Å². The van der Waals surface area contributed by atoms with Gasteiger partial charge in [-0.05, 0) is 49.7 Å². The van der Waals surface area contributed by atoms with Crippen LogP contribution in [0.2, 0.25) is 18.1 Å². The molecular weight excluding hydrogens is 292 g/mol. The van der Waals surface area contributed by atoms with Gasteiger partial charge in [0.1, 0.15) is 6.10 Å². The first-order valence-corrected chi connectivity index (χ1v) is 11.7. The molecule has 0 unspecified atom stereocenters. The fraction of sp³-hybridized carbons (Fsp3) is 0.944. The molecule has 22 heavy (non-hydrogen) atoms. The first-order valence-electron chi connectivity index (χ1n) is 8.78. The third kappa shape index (κ3) is 3.07. The number of hydrogen-bond donors (Lipinski definition) is 0. The molecule has 1 aliphatic carbocycles. The minimum atomic E-state index is -1.81. The van der Waals surface area contributed by atoms with E-state index in [2.05, 4.69) is 54.6 Å². The number of carbonyl (C=O) groups excluding carboxylic acids is 1. The third-order valence-corrected chi connectivity index (χ3v) is 11.4. The zero-order chi connectivity index (χ0) is 16.9. The van der Waals surface area contributed by atoms with E-state index in [1.54, 1.807) is 0 Å². The molecule has 0 spiro atoms. The molecule has 2 aliphatic rings. The average Bonchev–Trinajstić information content (AvgIpc) is 3.09. The molecule has 128 valence electrons. The van der Waals surface area contributed by atoms with Gasteiger partial charge in [-0.15, -0.1) is 0 Å². The van der Waals surface area contributed by atoms with Crippen LogP contribution in [0.3, 0.4) is 0 Å². The Morgan fingerprint density at radius 1 is 1.36 bits per heavy atom. The molecule has 1 aliphatic heterocycles. The molecule has 2 rings (SSSR count). The molecular formula is C18H34O3Si. The highest BCUT2D eigenvalue weighted by Crippen LogP contribution is 2.49. The summed E-state index contributed by atoms with van der Waals surface area (Å²) in [5.41, 5.74) is -0.137. The van der Waals surface area contributed by atoms with Gasteiger partial charge in [-0.2, -0.15) is 0 Å². The van der Waals surface area contributed by atoms with Crippen LogP contribution in [0.1, 0.15) is 54.4 Å². The van der Waals surface area contributed by atoms with Gasteiger partial charge in [-0.1, -0.05) is 34.6 Å². The van der Waals surface area contributed by atoms with Gasteiger partial charge in [-0.25, -0.2) is 0 Å². The van der Waals surface area contributed by atoms with Crippen molar-refractivity contribution in [1.29, 1.82) is 0 Å². The fourth-order valence-corrected chi connectivity index (χ4v) is 5.91. The maximum absolute atomic E-state index is 12.5. The molecule has 0 aromatic carbocycles. The van der Waals surface area contributed by atoms with Crippen molar-refractivity contribution < 1.29 is 14.0 Å². The van der Waals surface area contributed by atoms with Crippen LogP contribution >= 0.6 is 0 Å². The highest BCUT2D eigenvalue weighted by atomic mass is 28.4. The first-order chi connectivity index (χ1) is 9.92. The van der Waals surface area contributed by atoms with Crippen molar-refractivity contribution in [2.24, 2.45) is 17.8 Å². The van der Waals surface area contributed by atoms with Gasteiger partial charge in [0.2, 0.25) is 0 Å². The Hall–Kier alpha value is -0.193. The minimum Gasteiger partial charge on any atom is -0.417 e. The van der Waals surface area contributed by atoms with Crippen molar-refractivity contribution in [2.75, 3.05) is 6.61 Å². The second kappa shape index (κ2) is 5.71. The highest BCUT2D eigenvalue weighted by Gasteiger charge is 2.61. The van der Waals surface area contributed by atoms with Crippen molar-refractivity contribution >= 4 is 14.1 Å². The van der Waals surface area contributed by atoms with Crippen molar-refractivity contribution in [2.45, 2.75) is 84.2 Å².